The van der Waals surface area contributed by atoms with Crippen molar-refractivity contribution in [2.75, 3.05) is 20.3 Å². The zero-order valence-electron chi connectivity index (χ0n) is 25.0. The first-order valence-electron chi connectivity index (χ1n) is 13.8. The number of methoxy groups -OCH3 is 1. The SMILES string of the molecule is CCOC(=O)C1=C(C)NC(=O)N[C@H]1c1ccc(OCC(=O)N/N=C\c2cc(Br)c(OCc3cccc(C)c3)c(I)c2)c(OC)c1. The molecule has 1 heterocycles. The molecule has 45 heavy (non-hydrogen) atoms. The maximum absolute atomic E-state index is 12.6. The number of hydrogen-bond donors (Lipinski definition) is 3. The lowest BCUT2D eigenvalue weighted by molar-refractivity contribution is -0.139. The molecule has 1 aliphatic rings. The van der Waals surface area contributed by atoms with Gasteiger partial charge >= 0.3 is 12.0 Å². The molecule has 1 aliphatic heterocycles. The quantitative estimate of drug-likeness (QED) is 0.0932. The molecule has 0 aromatic heterocycles. The highest BCUT2D eigenvalue weighted by atomic mass is 127. The topological polar surface area (TPSA) is 137 Å². The van der Waals surface area contributed by atoms with Crippen LogP contribution in [0, 0.1) is 10.5 Å². The van der Waals surface area contributed by atoms with Crippen LogP contribution in [0.25, 0.3) is 0 Å². The molecular weight excluding hydrogens is 759 g/mol. The third kappa shape index (κ3) is 8.97. The van der Waals surface area contributed by atoms with Crippen molar-refractivity contribution in [3.63, 3.8) is 0 Å². The molecule has 4 rings (SSSR count). The minimum atomic E-state index is -0.768. The Balaban J connectivity index is 1.36. The fourth-order valence-electron chi connectivity index (χ4n) is 4.51. The third-order valence-corrected chi connectivity index (χ3v) is 7.92. The summed E-state index contributed by atoms with van der Waals surface area (Å²) in [6.07, 6.45) is 1.52. The van der Waals surface area contributed by atoms with Crippen molar-refractivity contribution in [1.82, 2.24) is 16.1 Å². The summed E-state index contributed by atoms with van der Waals surface area (Å²) in [4.78, 5) is 37.3. The lowest BCUT2D eigenvalue weighted by Crippen LogP contribution is -2.45. The number of urea groups is 1. The van der Waals surface area contributed by atoms with Crippen molar-refractivity contribution in [2.24, 2.45) is 5.10 Å². The Bertz CT molecular complexity index is 1640. The Morgan fingerprint density at radius 1 is 1.09 bits per heavy atom. The van der Waals surface area contributed by atoms with Gasteiger partial charge in [0.25, 0.3) is 5.91 Å². The third-order valence-electron chi connectivity index (χ3n) is 6.53. The first-order valence-corrected chi connectivity index (χ1v) is 15.7. The number of amides is 3. The molecule has 3 aromatic rings. The van der Waals surface area contributed by atoms with E-state index in [9.17, 15) is 14.4 Å². The number of hydrogen-bond acceptors (Lipinski definition) is 8. The molecule has 0 spiro atoms. The van der Waals surface area contributed by atoms with Gasteiger partial charge in [-0.1, -0.05) is 35.9 Å². The normalized spacial score (nSPS) is 14.4. The summed E-state index contributed by atoms with van der Waals surface area (Å²) in [6.45, 7) is 5.66. The second kappa shape index (κ2) is 15.8. The van der Waals surface area contributed by atoms with Gasteiger partial charge in [0, 0.05) is 5.70 Å². The highest BCUT2D eigenvalue weighted by Gasteiger charge is 2.32. The molecule has 0 fully saturated rings. The number of rotatable bonds is 12. The summed E-state index contributed by atoms with van der Waals surface area (Å²) in [6, 6.07) is 15.6. The fourth-order valence-corrected chi connectivity index (χ4v) is 6.28. The van der Waals surface area contributed by atoms with E-state index in [-0.39, 0.29) is 18.8 Å². The Morgan fingerprint density at radius 3 is 2.60 bits per heavy atom. The van der Waals surface area contributed by atoms with E-state index in [4.69, 9.17) is 18.9 Å². The highest BCUT2D eigenvalue weighted by molar-refractivity contribution is 14.1. The molecule has 1 atom stereocenters. The minimum absolute atomic E-state index is 0.186. The zero-order chi connectivity index (χ0) is 32.5. The lowest BCUT2D eigenvalue weighted by atomic mass is 9.95. The van der Waals surface area contributed by atoms with Crippen LogP contribution in [0.4, 0.5) is 4.79 Å². The molecular formula is C32H32BrIN4O7. The smallest absolute Gasteiger partial charge is 0.338 e. The van der Waals surface area contributed by atoms with E-state index >= 15 is 0 Å². The summed E-state index contributed by atoms with van der Waals surface area (Å²) in [5.41, 5.74) is 6.68. The van der Waals surface area contributed by atoms with Crippen LogP contribution in [0.2, 0.25) is 0 Å². The number of aryl methyl sites for hydroxylation is 1. The van der Waals surface area contributed by atoms with Crippen LogP contribution < -0.4 is 30.3 Å². The zero-order valence-corrected chi connectivity index (χ0v) is 28.8. The van der Waals surface area contributed by atoms with Gasteiger partial charge in [0.2, 0.25) is 0 Å². The van der Waals surface area contributed by atoms with Crippen LogP contribution in [0.3, 0.4) is 0 Å². The maximum atomic E-state index is 12.6. The van der Waals surface area contributed by atoms with Gasteiger partial charge in [0.15, 0.2) is 18.1 Å². The van der Waals surface area contributed by atoms with Crippen LogP contribution >= 0.6 is 38.5 Å². The monoisotopic (exact) mass is 790 g/mol. The van der Waals surface area contributed by atoms with Crippen molar-refractivity contribution in [2.45, 2.75) is 33.4 Å². The summed E-state index contributed by atoms with van der Waals surface area (Å²) < 4.78 is 24.0. The van der Waals surface area contributed by atoms with E-state index in [1.807, 2.05) is 37.3 Å². The van der Waals surface area contributed by atoms with Crippen molar-refractivity contribution in [3.8, 4) is 17.2 Å². The van der Waals surface area contributed by atoms with Crippen molar-refractivity contribution in [1.29, 1.82) is 0 Å². The van der Waals surface area contributed by atoms with E-state index in [2.05, 4.69) is 65.7 Å². The Labute approximate surface area is 283 Å². The van der Waals surface area contributed by atoms with Gasteiger partial charge in [0.05, 0.1) is 39.6 Å². The number of esters is 1. The molecule has 13 heteroatoms. The van der Waals surface area contributed by atoms with Gasteiger partial charge in [-0.15, -0.1) is 0 Å². The lowest BCUT2D eigenvalue weighted by Gasteiger charge is -2.28. The molecule has 11 nitrogen and oxygen atoms in total. The van der Waals surface area contributed by atoms with E-state index in [0.717, 1.165) is 24.9 Å². The van der Waals surface area contributed by atoms with Gasteiger partial charge in [-0.25, -0.2) is 15.0 Å². The van der Waals surface area contributed by atoms with Gasteiger partial charge < -0.3 is 29.6 Å². The molecule has 236 valence electrons. The highest BCUT2D eigenvalue weighted by Crippen LogP contribution is 2.35. The molecule has 0 saturated carbocycles. The number of ether oxygens (including phenoxy) is 4. The summed E-state index contributed by atoms with van der Waals surface area (Å²) in [5.74, 6) is 0.282. The largest absolute Gasteiger partial charge is 0.493 e. The number of hydrazone groups is 1. The number of carbonyl (C=O) groups excluding carboxylic acids is 3. The predicted molar refractivity (Wildman–Crippen MR) is 180 cm³/mol. The molecule has 3 amide bonds. The molecule has 0 aliphatic carbocycles. The van der Waals surface area contributed by atoms with Gasteiger partial charge in [-0.05, 0) is 100 Å². The Morgan fingerprint density at radius 2 is 1.89 bits per heavy atom. The number of nitrogens with zero attached hydrogens (tertiary/aromatic N) is 1. The maximum Gasteiger partial charge on any atom is 0.338 e. The number of benzene rings is 3. The standard InChI is InChI=1S/C32H32BrIN4O7/c1-5-43-31(40)28-19(3)36-32(41)37-29(28)22-9-10-25(26(14-22)42-4)44-17-27(39)38-35-15-21-12-23(33)30(24(34)13-21)45-16-20-8-6-7-18(2)11-20/h6-15,29H,5,16-17H2,1-4H3,(H,38,39)(H2,36,37,41)/b35-15-/t29-/m0/s1. The molecule has 3 aromatic carbocycles. The van der Waals surface area contributed by atoms with Crippen molar-refractivity contribution >= 4 is 62.6 Å². The average Bonchev–Trinajstić information content (AvgIpc) is 2.99. The van der Waals surface area contributed by atoms with E-state index in [1.54, 1.807) is 32.0 Å². The van der Waals surface area contributed by atoms with Crippen LogP contribution in [0.1, 0.15) is 42.1 Å². The van der Waals surface area contributed by atoms with Gasteiger partial charge in [-0.2, -0.15) is 5.10 Å². The van der Waals surface area contributed by atoms with Crippen LogP contribution in [0.15, 0.2) is 75.4 Å². The van der Waals surface area contributed by atoms with E-state index in [0.29, 0.717) is 29.4 Å². The molecule has 3 N–H and O–H groups in total. The molecule has 0 bridgehead atoms. The number of carbonyl (C=O) groups is 3. The second-order valence-corrected chi connectivity index (χ2v) is 11.9. The first-order chi connectivity index (χ1) is 21.6. The first kappa shape index (κ1) is 33.8. The Kier molecular flexibility index (Phi) is 11.8. The summed E-state index contributed by atoms with van der Waals surface area (Å²) in [5, 5.41) is 9.38. The van der Waals surface area contributed by atoms with Crippen LogP contribution in [-0.4, -0.2) is 44.4 Å². The number of allylic oxidation sites excluding steroid dienone is 1. The van der Waals surface area contributed by atoms with Crippen molar-refractivity contribution in [3.05, 3.63) is 96.2 Å². The fraction of sp³-hybridized carbons (Fsp3) is 0.250. The predicted octanol–water partition coefficient (Wildman–Crippen LogP) is 5.67. The van der Waals surface area contributed by atoms with E-state index < -0.39 is 23.9 Å². The molecule has 0 unspecified atom stereocenters. The molecule has 0 radical (unpaired) electrons. The van der Waals surface area contributed by atoms with Crippen molar-refractivity contribution < 1.29 is 33.3 Å². The van der Waals surface area contributed by atoms with E-state index in [1.165, 1.54) is 18.9 Å². The van der Waals surface area contributed by atoms with Crippen LogP contribution in [-0.2, 0) is 20.9 Å². The number of nitrogens with one attached hydrogen (secondary N) is 3. The van der Waals surface area contributed by atoms with Gasteiger partial charge in [0.1, 0.15) is 12.4 Å². The van der Waals surface area contributed by atoms with Crippen LogP contribution in [0.5, 0.6) is 17.2 Å². The Hall–Kier alpha value is -4.11. The molecule has 0 saturated heterocycles. The van der Waals surface area contributed by atoms with Gasteiger partial charge in [-0.3, -0.25) is 4.79 Å². The minimum Gasteiger partial charge on any atom is -0.493 e. The number of halogens is 2. The summed E-state index contributed by atoms with van der Waals surface area (Å²) in [7, 11) is 1.45. The summed E-state index contributed by atoms with van der Waals surface area (Å²) >= 11 is 5.76. The second-order valence-electron chi connectivity index (χ2n) is 9.87. The average molecular weight is 791 g/mol.